The fourth-order valence-corrected chi connectivity index (χ4v) is 7.38. The highest BCUT2D eigenvalue weighted by molar-refractivity contribution is 5.94. The molecule has 24 heteroatoms. The second-order valence-corrected chi connectivity index (χ2v) is 18.3. The van der Waals surface area contributed by atoms with Crippen molar-refractivity contribution in [1.29, 1.82) is 0 Å². The number of rotatable bonds is 17. The zero-order valence-corrected chi connectivity index (χ0v) is 42.2. The highest BCUT2D eigenvalue weighted by atomic mass is 19.3. The normalized spacial score (nSPS) is 11.6. The Labute approximate surface area is 437 Å². The number of carbonyl (C=O) groups is 3. The molecule has 0 fully saturated rings. The zero-order valence-electron chi connectivity index (χ0n) is 42.2. The highest BCUT2D eigenvalue weighted by Gasteiger charge is 2.30. The van der Waals surface area contributed by atoms with Crippen LogP contribution in [0.1, 0.15) is 57.0 Å². The molecular weight excluding hydrogens is 970 g/mol. The van der Waals surface area contributed by atoms with Gasteiger partial charge in [0.05, 0.1) is 6.54 Å². The Morgan fingerprint density at radius 3 is 1.20 bits per heavy atom. The van der Waals surface area contributed by atoms with E-state index in [1.165, 1.54) is 0 Å². The van der Waals surface area contributed by atoms with Crippen molar-refractivity contribution in [3.8, 4) is 34.2 Å². The summed E-state index contributed by atoms with van der Waals surface area (Å²) >= 11 is 0. The summed E-state index contributed by atoms with van der Waals surface area (Å²) in [5.74, 6) is 2.12. The van der Waals surface area contributed by atoms with Gasteiger partial charge in [-0.25, -0.2) is 58.0 Å². The van der Waals surface area contributed by atoms with Crippen LogP contribution in [0.15, 0.2) is 110 Å². The van der Waals surface area contributed by atoms with Crippen LogP contribution >= 0.6 is 0 Å². The molecule has 21 nitrogen and oxygen atoms in total. The second kappa shape index (κ2) is 23.6. The Morgan fingerprint density at radius 1 is 0.520 bits per heavy atom. The van der Waals surface area contributed by atoms with Gasteiger partial charge in [-0.3, -0.25) is 14.4 Å². The number of hydrogen-bond donors (Lipinski definition) is 9. The number of H-pyrrole nitrogens is 3. The third-order valence-electron chi connectivity index (χ3n) is 11.2. The fraction of sp³-hybridized carbons (Fsp3) is 0.294. The summed E-state index contributed by atoms with van der Waals surface area (Å²) in [4.78, 5) is 84.7. The number of nitrogens with one attached hydrogen (secondary N) is 9. The van der Waals surface area contributed by atoms with Crippen molar-refractivity contribution >= 4 is 68.3 Å². The topological polar surface area (TPSA) is 287 Å². The van der Waals surface area contributed by atoms with E-state index >= 15 is 0 Å². The van der Waals surface area contributed by atoms with Crippen molar-refractivity contribution in [1.82, 2.24) is 75.8 Å². The van der Waals surface area contributed by atoms with Crippen LogP contribution in [0.3, 0.4) is 0 Å². The molecule has 9 aromatic heterocycles. The number of alkyl halides is 3. The van der Waals surface area contributed by atoms with Gasteiger partial charge in [-0.15, -0.1) is 0 Å². The number of amides is 3. The Bertz CT molecular complexity index is 3420. The average molecular weight is 1040 g/mol. The van der Waals surface area contributed by atoms with Crippen LogP contribution in [-0.2, 0) is 14.4 Å². The molecular formula is C51H69F3N18O3. The number of pyridine rings is 3. The van der Waals surface area contributed by atoms with Crippen LogP contribution in [0, 0.1) is 0 Å². The quantitative estimate of drug-likeness (QED) is 0.0412. The summed E-state index contributed by atoms with van der Waals surface area (Å²) in [6.45, 7) is 11.4. The van der Waals surface area contributed by atoms with E-state index in [1.54, 1.807) is 95.5 Å². The van der Waals surface area contributed by atoms with Gasteiger partial charge in [-0.05, 0) is 103 Å². The second-order valence-electron chi connectivity index (χ2n) is 18.3. The Balaban J connectivity index is 0.000000586. The zero-order chi connectivity index (χ0) is 53.8. The van der Waals surface area contributed by atoms with E-state index in [2.05, 4.69) is 91.7 Å². The van der Waals surface area contributed by atoms with E-state index < -0.39 is 42.2 Å². The van der Waals surface area contributed by atoms with Gasteiger partial charge in [0, 0.05) is 110 Å². The lowest BCUT2D eigenvalue weighted by Crippen LogP contribution is -2.49. The van der Waals surface area contributed by atoms with Crippen molar-refractivity contribution in [2.24, 2.45) is 0 Å². The summed E-state index contributed by atoms with van der Waals surface area (Å²) in [7, 11) is 0. The van der Waals surface area contributed by atoms with Crippen molar-refractivity contribution < 1.29 is 36.1 Å². The van der Waals surface area contributed by atoms with E-state index in [1.807, 2.05) is 63.4 Å². The van der Waals surface area contributed by atoms with Crippen LogP contribution in [-0.4, -0.2) is 127 Å². The summed E-state index contributed by atoms with van der Waals surface area (Å²) in [5.41, 5.74) is 1.90. The van der Waals surface area contributed by atoms with Crippen molar-refractivity contribution in [3.63, 3.8) is 0 Å². The molecule has 0 atom stereocenters. The maximum atomic E-state index is 12.3. The third kappa shape index (κ3) is 13.5. The fourth-order valence-electron chi connectivity index (χ4n) is 7.38. The minimum absolute atomic E-state index is 0. The molecule has 0 aliphatic rings. The third-order valence-corrected chi connectivity index (χ3v) is 11.2. The van der Waals surface area contributed by atoms with E-state index in [0.717, 1.165) is 49.8 Å². The maximum Gasteiger partial charge on any atom is 0.255 e. The molecule has 3 amide bonds. The number of nitrogens with zero attached hydrogens (tertiary/aromatic N) is 9. The van der Waals surface area contributed by atoms with Gasteiger partial charge in [-0.1, -0.05) is 0 Å². The lowest BCUT2D eigenvalue weighted by Gasteiger charge is -2.25. The van der Waals surface area contributed by atoms with Gasteiger partial charge in [0.2, 0.25) is 17.7 Å². The Hall–Kier alpha value is -9.09. The standard InChI is InChI=1S/C17H18F2N6O.C17H19FN6O.C17H20N6O.6H2/c1-17(2,16(26)23-9-12(18)19)25-13-5-7-21-15(24-13)11-8-22-14-10(11)4-3-6-20-14;1-17(2,16(25)21-9-6-18)24-13-5-8-20-15(23-13)12-10-22-14-11(12)4-3-7-19-14;1-4-18-16(24)17(2,3)23-13-7-9-20-15(22-13)12-10-21-14-11(12)6-5-8-19-14;;;;;;/h3-8,12H,9H2,1-2H3,(H,20,22)(H,23,26)(H,21,24,25);3-5,7-8,10H,6,9H2,1-2H3,(H,19,22)(H,21,25)(H,20,23,24);5-10H,4H2,1-3H3,(H,18,24)(H,19,21)(H,20,22,23);6*1H. The first kappa shape index (κ1) is 53.7. The molecule has 0 aliphatic heterocycles. The van der Waals surface area contributed by atoms with Gasteiger partial charge < -0.3 is 46.9 Å². The van der Waals surface area contributed by atoms with E-state index in [-0.39, 0.29) is 26.9 Å². The summed E-state index contributed by atoms with van der Waals surface area (Å²) in [6.07, 6.45) is 12.8. The molecule has 9 heterocycles. The van der Waals surface area contributed by atoms with Gasteiger partial charge in [-0.2, -0.15) is 0 Å². The number of likely N-dealkylation sites (N-methyl/N-ethyl adjacent to an activating group) is 1. The van der Waals surface area contributed by atoms with Gasteiger partial charge in [0.15, 0.2) is 17.5 Å². The van der Waals surface area contributed by atoms with E-state index in [4.69, 9.17) is 0 Å². The molecule has 402 valence electrons. The van der Waals surface area contributed by atoms with Crippen LogP contribution in [0.4, 0.5) is 30.6 Å². The van der Waals surface area contributed by atoms with Crippen LogP contribution in [0.5, 0.6) is 0 Å². The largest absolute Gasteiger partial charge is 0.356 e. The number of halogens is 3. The molecule has 0 radical (unpaired) electrons. The molecule has 0 saturated carbocycles. The number of anilines is 3. The molecule has 0 aliphatic carbocycles. The molecule has 9 aromatic rings. The predicted molar refractivity (Wildman–Crippen MR) is 294 cm³/mol. The monoisotopic (exact) mass is 1040 g/mol. The smallest absolute Gasteiger partial charge is 0.255 e. The van der Waals surface area contributed by atoms with E-state index in [0.29, 0.717) is 41.5 Å². The van der Waals surface area contributed by atoms with Crippen LogP contribution < -0.4 is 31.9 Å². The SMILES string of the molecule is CC(C)(Nc1ccnc(-c2c[nH]c3ncccc23)n1)C(=O)NCC(F)F.CC(C)(Nc1ccnc(-c2c[nH]c3ncccc23)n1)C(=O)NCCF.CCNC(=O)C(C)(C)Nc1ccnc(-c2c[nH]c3ncccc23)n1.[HH].[HH].[HH].[HH].[HH].[HH]. The molecule has 9 N–H and O–H groups in total. The first-order valence-electron chi connectivity index (χ1n) is 23.7. The van der Waals surface area contributed by atoms with Gasteiger partial charge in [0.1, 0.15) is 57.7 Å². The lowest BCUT2D eigenvalue weighted by molar-refractivity contribution is -0.125. The summed E-state index contributed by atoms with van der Waals surface area (Å²) in [5, 5.41) is 19.5. The number of fused-ring (bicyclic) bond motifs is 3. The Kier molecular flexibility index (Phi) is 16.9. The van der Waals surface area contributed by atoms with Gasteiger partial charge in [0.25, 0.3) is 6.43 Å². The van der Waals surface area contributed by atoms with Gasteiger partial charge >= 0.3 is 0 Å². The molecule has 0 unspecified atom stereocenters. The minimum Gasteiger partial charge on any atom is -0.356 e. The molecule has 0 aromatic carbocycles. The van der Waals surface area contributed by atoms with Crippen molar-refractivity contribution in [3.05, 3.63) is 110 Å². The number of aromatic nitrogens is 12. The molecule has 9 rings (SSSR count). The first-order chi connectivity index (χ1) is 35.9. The maximum absolute atomic E-state index is 12.3. The summed E-state index contributed by atoms with van der Waals surface area (Å²) < 4.78 is 36.8. The Morgan fingerprint density at radius 2 is 0.867 bits per heavy atom. The van der Waals surface area contributed by atoms with Crippen LogP contribution in [0.2, 0.25) is 0 Å². The first-order valence-corrected chi connectivity index (χ1v) is 23.7. The van der Waals surface area contributed by atoms with Crippen LogP contribution in [0.25, 0.3) is 67.3 Å². The molecule has 0 spiro atoms. The van der Waals surface area contributed by atoms with Crippen molar-refractivity contribution in [2.75, 3.05) is 42.3 Å². The molecule has 0 bridgehead atoms. The molecule has 75 heavy (non-hydrogen) atoms. The van der Waals surface area contributed by atoms with E-state index in [9.17, 15) is 27.6 Å². The lowest BCUT2D eigenvalue weighted by atomic mass is 10.0. The minimum atomic E-state index is -2.60. The predicted octanol–water partition coefficient (Wildman–Crippen LogP) is 8.71. The molecule has 0 saturated heterocycles. The number of hydrogen-bond acceptors (Lipinski definition) is 15. The highest BCUT2D eigenvalue weighted by Crippen LogP contribution is 2.29. The summed E-state index contributed by atoms with van der Waals surface area (Å²) in [6, 6.07) is 16.4. The average Bonchev–Trinajstić information content (AvgIpc) is 4.15. The number of carbonyl (C=O) groups excluding carboxylic acids is 3. The van der Waals surface area contributed by atoms with Crippen molar-refractivity contribution in [2.45, 2.75) is 71.5 Å². The number of aromatic amines is 3.